The van der Waals surface area contributed by atoms with E-state index < -0.39 is 30.0 Å². The highest BCUT2D eigenvalue weighted by atomic mass is 35.5. The first kappa shape index (κ1) is 20.0. The molecule has 1 aliphatic rings. The van der Waals surface area contributed by atoms with Crippen LogP contribution in [0.5, 0.6) is 0 Å². The van der Waals surface area contributed by atoms with Crippen LogP contribution >= 0.6 is 23.2 Å². The molecular weight excluding hydrogens is 403 g/mol. The van der Waals surface area contributed by atoms with Crippen LogP contribution in [0.3, 0.4) is 0 Å². The van der Waals surface area contributed by atoms with Crippen molar-refractivity contribution in [1.29, 1.82) is 0 Å². The summed E-state index contributed by atoms with van der Waals surface area (Å²) in [6, 6.07) is 11.0. The van der Waals surface area contributed by atoms with Crippen LogP contribution in [0.2, 0.25) is 10.0 Å². The van der Waals surface area contributed by atoms with E-state index in [1.54, 1.807) is 24.3 Å². The molecule has 0 bridgehead atoms. The molecule has 1 heterocycles. The number of benzene rings is 2. The zero-order chi connectivity index (χ0) is 20.4. The summed E-state index contributed by atoms with van der Waals surface area (Å²) < 4.78 is 0. The number of aryl methyl sites for hydroxylation is 1. The molecule has 28 heavy (non-hydrogen) atoms. The van der Waals surface area contributed by atoms with Crippen molar-refractivity contribution in [3.8, 4) is 0 Å². The number of nitrogens with zero attached hydrogens (tertiary/aromatic N) is 2. The van der Waals surface area contributed by atoms with Gasteiger partial charge in [-0.05, 0) is 25.1 Å². The quantitative estimate of drug-likeness (QED) is 0.547. The number of hydrazine groups is 1. The second-order valence-electron chi connectivity index (χ2n) is 6.38. The molecule has 6 nitrogen and oxygen atoms in total. The minimum Gasteiger partial charge on any atom is -0.292 e. The van der Waals surface area contributed by atoms with Gasteiger partial charge in [-0.25, -0.2) is 5.01 Å². The summed E-state index contributed by atoms with van der Waals surface area (Å²) in [6.45, 7) is 1.41. The number of imide groups is 1. The fourth-order valence-corrected chi connectivity index (χ4v) is 3.33. The van der Waals surface area contributed by atoms with Gasteiger partial charge >= 0.3 is 0 Å². The molecule has 0 aliphatic carbocycles. The Morgan fingerprint density at radius 2 is 1.61 bits per heavy atom. The average molecular weight is 419 g/mol. The van der Waals surface area contributed by atoms with Crippen molar-refractivity contribution in [1.82, 2.24) is 10.0 Å². The lowest BCUT2D eigenvalue weighted by atomic mass is 10.1. The molecule has 0 atom stereocenters. The number of amides is 3. The second-order valence-corrected chi connectivity index (χ2v) is 7.22. The van der Waals surface area contributed by atoms with E-state index in [9.17, 15) is 19.2 Å². The highest BCUT2D eigenvalue weighted by Gasteiger charge is 2.38. The van der Waals surface area contributed by atoms with E-state index in [0.29, 0.717) is 10.6 Å². The maximum Gasteiger partial charge on any atom is 0.274 e. The van der Waals surface area contributed by atoms with Crippen LogP contribution in [-0.4, -0.2) is 40.1 Å². The van der Waals surface area contributed by atoms with Crippen molar-refractivity contribution < 1.29 is 19.2 Å². The van der Waals surface area contributed by atoms with E-state index >= 15 is 0 Å². The van der Waals surface area contributed by atoms with Crippen LogP contribution < -0.4 is 0 Å². The summed E-state index contributed by atoms with van der Waals surface area (Å²) in [5.74, 6) is -2.23. The highest BCUT2D eigenvalue weighted by Crippen LogP contribution is 2.25. The van der Waals surface area contributed by atoms with Gasteiger partial charge in [0.2, 0.25) is 11.8 Å². The molecule has 3 amide bonds. The van der Waals surface area contributed by atoms with Crippen LogP contribution in [-0.2, 0) is 9.59 Å². The van der Waals surface area contributed by atoms with Gasteiger partial charge in [0.15, 0.2) is 5.78 Å². The molecule has 8 heteroatoms. The van der Waals surface area contributed by atoms with E-state index in [0.717, 1.165) is 15.6 Å². The molecule has 1 aliphatic heterocycles. The van der Waals surface area contributed by atoms with Gasteiger partial charge in [-0.1, -0.05) is 53.0 Å². The van der Waals surface area contributed by atoms with E-state index in [2.05, 4.69) is 0 Å². The smallest absolute Gasteiger partial charge is 0.274 e. The number of ketones is 1. The third-order valence-electron chi connectivity index (χ3n) is 4.33. The fourth-order valence-electron chi connectivity index (χ4n) is 2.84. The molecule has 0 saturated carbocycles. The van der Waals surface area contributed by atoms with Crippen LogP contribution in [0.1, 0.15) is 39.1 Å². The Labute approximate surface area is 171 Å². The summed E-state index contributed by atoms with van der Waals surface area (Å²) in [5.41, 5.74) is 1.38. The van der Waals surface area contributed by atoms with Crippen LogP contribution in [0.4, 0.5) is 0 Å². The predicted octanol–water partition coefficient (Wildman–Crippen LogP) is 3.69. The second kappa shape index (κ2) is 8.12. The Morgan fingerprint density at radius 3 is 2.18 bits per heavy atom. The first-order valence-corrected chi connectivity index (χ1v) is 9.26. The van der Waals surface area contributed by atoms with Crippen LogP contribution in [0.25, 0.3) is 0 Å². The van der Waals surface area contributed by atoms with Crippen molar-refractivity contribution >= 4 is 46.7 Å². The number of carbonyl (C=O) groups is 4. The molecular formula is C20H16Cl2N2O4. The van der Waals surface area contributed by atoms with Crippen molar-refractivity contribution in [2.75, 3.05) is 6.54 Å². The van der Waals surface area contributed by atoms with Gasteiger partial charge in [0, 0.05) is 23.4 Å². The van der Waals surface area contributed by atoms with Crippen molar-refractivity contribution in [3.05, 3.63) is 69.2 Å². The first-order valence-electron chi connectivity index (χ1n) is 8.50. The molecule has 1 saturated heterocycles. The number of carbonyl (C=O) groups excluding carboxylic acids is 4. The normalized spacial score (nSPS) is 13.8. The maximum absolute atomic E-state index is 13.1. The lowest BCUT2D eigenvalue weighted by Gasteiger charge is -2.29. The average Bonchev–Trinajstić information content (AvgIpc) is 2.98. The lowest BCUT2D eigenvalue weighted by molar-refractivity contribution is -0.152. The van der Waals surface area contributed by atoms with Crippen molar-refractivity contribution in [2.45, 2.75) is 19.8 Å². The Kier molecular flexibility index (Phi) is 5.82. The van der Waals surface area contributed by atoms with Crippen LogP contribution in [0.15, 0.2) is 42.5 Å². The maximum atomic E-state index is 13.1. The van der Waals surface area contributed by atoms with E-state index in [1.165, 1.54) is 18.2 Å². The topological polar surface area (TPSA) is 74.8 Å². The largest absolute Gasteiger partial charge is 0.292 e. The number of hydrogen-bond donors (Lipinski definition) is 0. The Balaban J connectivity index is 1.96. The summed E-state index contributed by atoms with van der Waals surface area (Å²) in [4.78, 5) is 50.2. The number of Topliss-reactive ketones (excluding diaryl/α,β-unsaturated/α-hetero) is 1. The third kappa shape index (κ3) is 4.08. The Morgan fingerprint density at radius 1 is 1.00 bits per heavy atom. The standard InChI is InChI=1S/C20H16Cl2N2O4/c1-12-2-4-13(5-3-12)17(25)11-23(24-18(26)8-9-19(24)27)20(28)15-7-6-14(21)10-16(15)22/h2-7,10H,8-9,11H2,1H3. The zero-order valence-electron chi connectivity index (χ0n) is 14.9. The van der Waals surface area contributed by atoms with E-state index in [1.807, 2.05) is 6.92 Å². The monoisotopic (exact) mass is 418 g/mol. The first-order chi connectivity index (χ1) is 13.3. The SMILES string of the molecule is Cc1ccc(C(=O)CN(C(=O)c2ccc(Cl)cc2Cl)N2C(=O)CCC2=O)cc1. The molecule has 2 aromatic rings. The van der Waals surface area contributed by atoms with Gasteiger partial charge in [0.1, 0.15) is 6.54 Å². The van der Waals surface area contributed by atoms with Crippen LogP contribution in [0, 0.1) is 6.92 Å². The highest BCUT2D eigenvalue weighted by molar-refractivity contribution is 6.36. The predicted molar refractivity (Wildman–Crippen MR) is 104 cm³/mol. The fraction of sp³-hybridized carbons (Fsp3) is 0.200. The summed E-state index contributed by atoms with van der Waals surface area (Å²) >= 11 is 12.0. The molecule has 0 unspecified atom stereocenters. The third-order valence-corrected chi connectivity index (χ3v) is 4.88. The Hall–Kier alpha value is -2.70. The number of halogens is 2. The molecule has 0 spiro atoms. The minimum atomic E-state index is -0.731. The summed E-state index contributed by atoms with van der Waals surface area (Å²) in [7, 11) is 0. The molecule has 0 radical (unpaired) electrons. The van der Waals surface area contributed by atoms with Crippen molar-refractivity contribution in [2.24, 2.45) is 0 Å². The summed E-state index contributed by atoms with van der Waals surface area (Å²) in [5, 5.41) is 1.98. The van der Waals surface area contributed by atoms with Gasteiger partial charge in [0.05, 0.1) is 10.6 Å². The summed E-state index contributed by atoms with van der Waals surface area (Å²) in [6.07, 6.45) is -0.0363. The lowest BCUT2D eigenvalue weighted by Crippen LogP contribution is -2.51. The van der Waals surface area contributed by atoms with Gasteiger partial charge < -0.3 is 0 Å². The van der Waals surface area contributed by atoms with Gasteiger partial charge in [-0.15, -0.1) is 0 Å². The van der Waals surface area contributed by atoms with Crippen molar-refractivity contribution in [3.63, 3.8) is 0 Å². The minimum absolute atomic E-state index is 0.0182. The molecule has 144 valence electrons. The molecule has 2 aromatic carbocycles. The molecule has 1 fully saturated rings. The molecule has 3 rings (SSSR count). The Bertz CT molecular complexity index is 957. The molecule has 0 N–H and O–H groups in total. The van der Waals surface area contributed by atoms with Gasteiger partial charge in [-0.3, -0.25) is 19.2 Å². The van der Waals surface area contributed by atoms with Gasteiger partial charge in [-0.2, -0.15) is 5.01 Å². The zero-order valence-corrected chi connectivity index (χ0v) is 16.5. The van der Waals surface area contributed by atoms with E-state index in [-0.39, 0.29) is 23.4 Å². The van der Waals surface area contributed by atoms with Gasteiger partial charge in [0.25, 0.3) is 5.91 Å². The molecule has 0 aromatic heterocycles. The van der Waals surface area contributed by atoms with E-state index in [4.69, 9.17) is 23.2 Å². The number of rotatable bonds is 5. The number of hydrogen-bond acceptors (Lipinski definition) is 4.